The van der Waals surface area contributed by atoms with Crippen molar-refractivity contribution < 1.29 is 34.4 Å². The number of aliphatic carboxylic acids is 1. The van der Waals surface area contributed by atoms with Gasteiger partial charge in [0.25, 0.3) is 0 Å². The molecular weight excluding hydrogens is 184 g/mol. The number of carboxylic acids is 1. The molecule has 0 saturated heterocycles. The van der Waals surface area contributed by atoms with E-state index in [9.17, 15) is 14.4 Å². The summed E-state index contributed by atoms with van der Waals surface area (Å²) < 4.78 is 3.65. The van der Waals surface area contributed by atoms with E-state index in [4.69, 9.17) is 15.3 Å². The zero-order chi connectivity index (χ0) is 10.4. The van der Waals surface area contributed by atoms with Crippen molar-refractivity contribution in [2.75, 3.05) is 0 Å². The molecule has 13 heavy (non-hydrogen) atoms. The van der Waals surface area contributed by atoms with Gasteiger partial charge in [-0.25, -0.2) is 9.59 Å². The molecule has 0 radical (unpaired) electrons. The average Bonchev–Trinajstić information content (AvgIpc) is 1.98. The van der Waals surface area contributed by atoms with E-state index >= 15 is 0 Å². The van der Waals surface area contributed by atoms with Gasteiger partial charge in [-0.2, -0.15) is 0 Å². The Morgan fingerprint density at radius 2 is 1.77 bits per heavy atom. The van der Waals surface area contributed by atoms with E-state index in [0.29, 0.717) is 0 Å². The zero-order valence-electron chi connectivity index (χ0n) is 6.47. The molecule has 0 heterocycles. The van der Waals surface area contributed by atoms with Gasteiger partial charge in [0.2, 0.25) is 0 Å². The maximum atomic E-state index is 10.5. The molecule has 74 valence electrons. The highest BCUT2D eigenvalue weighted by Crippen LogP contribution is 1.99. The summed E-state index contributed by atoms with van der Waals surface area (Å²) in [4.78, 5) is 30.3. The highest BCUT2D eigenvalue weighted by atomic mass is 16.7. The van der Waals surface area contributed by atoms with Crippen molar-refractivity contribution in [2.45, 2.75) is 18.9 Å². The number of hydrogen-bond acceptors (Lipinski definition) is 5. The number of carbonyl (C=O) groups excluding carboxylic acids is 1. The third kappa shape index (κ3) is 5.62. The molecular formula is C6H8O7. The van der Waals surface area contributed by atoms with Gasteiger partial charge in [-0.15, -0.1) is 0 Å². The van der Waals surface area contributed by atoms with Crippen LogP contribution in [0.4, 0.5) is 4.79 Å². The number of carbonyl (C=O) groups is 3. The van der Waals surface area contributed by atoms with Crippen molar-refractivity contribution in [3.8, 4) is 0 Å². The Morgan fingerprint density at radius 1 is 1.23 bits per heavy atom. The van der Waals surface area contributed by atoms with Crippen molar-refractivity contribution in [3.05, 3.63) is 0 Å². The van der Waals surface area contributed by atoms with Crippen LogP contribution in [-0.4, -0.2) is 39.5 Å². The van der Waals surface area contributed by atoms with E-state index in [0.717, 1.165) is 0 Å². The van der Waals surface area contributed by atoms with Crippen LogP contribution in [0, 0.1) is 0 Å². The Morgan fingerprint density at radius 3 is 2.15 bits per heavy atom. The third-order valence-corrected chi connectivity index (χ3v) is 1.11. The van der Waals surface area contributed by atoms with Gasteiger partial charge in [-0.1, -0.05) is 0 Å². The number of ether oxygens (including phenoxy) is 1. The van der Waals surface area contributed by atoms with Crippen LogP contribution in [0.3, 0.4) is 0 Å². The lowest BCUT2D eigenvalue weighted by Crippen LogP contribution is -2.21. The fourth-order valence-corrected chi connectivity index (χ4v) is 0.526. The Kier molecular flexibility index (Phi) is 4.45. The molecule has 0 aliphatic heterocycles. The standard InChI is InChI=1S/C6H8O7/c7-3(5(9)10)1-2-4(8)13-6(11)12/h3,7H,1-2H2,(H,9,10)(H,11,12). The number of rotatable bonds is 4. The first-order valence-electron chi connectivity index (χ1n) is 3.28. The second-order valence-corrected chi connectivity index (χ2v) is 2.13. The normalized spacial score (nSPS) is 11.8. The maximum absolute atomic E-state index is 10.5. The number of aliphatic hydroxyl groups excluding tert-OH is 1. The average molecular weight is 192 g/mol. The molecule has 7 heteroatoms. The number of hydrogen-bond donors (Lipinski definition) is 3. The lowest BCUT2D eigenvalue weighted by Gasteiger charge is -2.02. The van der Waals surface area contributed by atoms with Crippen molar-refractivity contribution in [2.24, 2.45) is 0 Å². The molecule has 0 aromatic carbocycles. The monoisotopic (exact) mass is 192 g/mol. The minimum Gasteiger partial charge on any atom is -0.479 e. The van der Waals surface area contributed by atoms with Gasteiger partial charge in [-0.05, 0) is 6.42 Å². The summed E-state index contributed by atoms with van der Waals surface area (Å²) in [5.41, 5.74) is 0. The molecule has 7 nitrogen and oxygen atoms in total. The summed E-state index contributed by atoms with van der Waals surface area (Å²) in [6.45, 7) is 0. The van der Waals surface area contributed by atoms with Gasteiger partial charge in [-0.3, -0.25) is 4.79 Å². The Balaban J connectivity index is 3.70. The molecule has 0 fully saturated rings. The van der Waals surface area contributed by atoms with Crippen molar-refractivity contribution >= 4 is 18.1 Å². The van der Waals surface area contributed by atoms with Crippen LogP contribution in [0.2, 0.25) is 0 Å². The zero-order valence-corrected chi connectivity index (χ0v) is 6.47. The van der Waals surface area contributed by atoms with Crippen LogP contribution in [0.5, 0.6) is 0 Å². The predicted octanol–water partition coefficient (Wildman–Crippen LogP) is -0.567. The van der Waals surface area contributed by atoms with Gasteiger partial charge in [0.1, 0.15) is 0 Å². The summed E-state index contributed by atoms with van der Waals surface area (Å²) >= 11 is 0. The van der Waals surface area contributed by atoms with E-state index in [-0.39, 0.29) is 6.42 Å². The third-order valence-electron chi connectivity index (χ3n) is 1.11. The number of esters is 1. The fourth-order valence-electron chi connectivity index (χ4n) is 0.526. The smallest absolute Gasteiger partial charge is 0.479 e. The molecule has 0 bridgehead atoms. The van der Waals surface area contributed by atoms with Crippen LogP contribution in [-0.2, 0) is 14.3 Å². The SMILES string of the molecule is O=C(O)OC(=O)CCC(O)C(=O)O. The summed E-state index contributed by atoms with van der Waals surface area (Å²) in [5.74, 6) is -2.56. The van der Waals surface area contributed by atoms with Crippen LogP contribution in [0.15, 0.2) is 0 Å². The van der Waals surface area contributed by atoms with Gasteiger partial charge in [0, 0.05) is 6.42 Å². The number of carboxylic acid groups (broad SMARTS) is 2. The molecule has 0 amide bonds. The first kappa shape index (κ1) is 11.4. The summed E-state index contributed by atoms with van der Waals surface area (Å²) in [6.07, 6.45) is -4.27. The lowest BCUT2D eigenvalue weighted by atomic mass is 10.2. The maximum Gasteiger partial charge on any atom is 0.513 e. The molecule has 1 unspecified atom stereocenters. The molecule has 0 rings (SSSR count). The largest absolute Gasteiger partial charge is 0.513 e. The van der Waals surface area contributed by atoms with Gasteiger partial charge in [0.15, 0.2) is 6.10 Å². The van der Waals surface area contributed by atoms with Crippen molar-refractivity contribution in [3.63, 3.8) is 0 Å². The topological polar surface area (TPSA) is 121 Å². The number of aliphatic hydroxyl groups is 1. The fraction of sp³-hybridized carbons (Fsp3) is 0.500. The minimum absolute atomic E-state index is 0.374. The predicted molar refractivity (Wildman–Crippen MR) is 37.0 cm³/mol. The van der Waals surface area contributed by atoms with Crippen molar-refractivity contribution in [1.82, 2.24) is 0 Å². The lowest BCUT2D eigenvalue weighted by molar-refractivity contribution is -0.148. The van der Waals surface area contributed by atoms with Gasteiger partial charge in [0.05, 0.1) is 0 Å². The van der Waals surface area contributed by atoms with E-state index in [2.05, 4.69) is 4.74 Å². The van der Waals surface area contributed by atoms with Crippen LogP contribution >= 0.6 is 0 Å². The summed E-state index contributed by atoms with van der Waals surface area (Å²) in [7, 11) is 0. The second-order valence-electron chi connectivity index (χ2n) is 2.13. The molecule has 3 N–H and O–H groups in total. The van der Waals surface area contributed by atoms with E-state index in [1.54, 1.807) is 0 Å². The minimum atomic E-state index is -1.75. The Labute approximate surface area is 72.5 Å². The molecule has 0 aromatic heterocycles. The van der Waals surface area contributed by atoms with Crippen LogP contribution in [0.1, 0.15) is 12.8 Å². The Hall–Kier alpha value is -1.63. The van der Waals surface area contributed by atoms with Crippen molar-refractivity contribution in [1.29, 1.82) is 0 Å². The first-order chi connectivity index (χ1) is 5.93. The van der Waals surface area contributed by atoms with Gasteiger partial charge < -0.3 is 20.1 Å². The van der Waals surface area contributed by atoms with E-state index in [1.807, 2.05) is 0 Å². The van der Waals surface area contributed by atoms with Crippen LogP contribution < -0.4 is 0 Å². The molecule has 0 saturated carbocycles. The highest BCUT2D eigenvalue weighted by Gasteiger charge is 2.16. The van der Waals surface area contributed by atoms with E-state index < -0.39 is 30.6 Å². The molecule has 0 spiro atoms. The van der Waals surface area contributed by atoms with E-state index in [1.165, 1.54) is 0 Å². The Bertz CT molecular complexity index is 221. The molecule has 0 aliphatic carbocycles. The quantitative estimate of drug-likeness (QED) is 0.402. The van der Waals surface area contributed by atoms with Crippen LogP contribution in [0.25, 0.3) is 0 Å². The second kappa shape index (κ2) is 5.09. The first-order valence-corrected chi connectivity index (χ1v) is 3.28. The molecule has 1 atom stereocenters. The molecule has 0 aliphatic rings. The van der Waals surface area contributed by atoms with Gasteiger partial charge >= 0.3 is 18.1 Å². The summed E-state index contributed by atoms with van der Waals surface area (Å²) in [6, 6.07) is 0. The summed E-state index contributed by atoms with van der Waals surface area (Å²) in [5, 5.41) is 24.7. The highest BCUT2D eigenvalue weighted by molar-refractivity contribution is 5.81. The molecule has 0 aromatic rings.